The van der Waals surface area contributed by atoms with Gasteiger partial charge in [-0.25, -0.2) is 0 Å². The maximum Gasteiger partial charge on any atom is 0.227 e. The van der Waals surface area contributed by atoms with Crippen LogP contribution in [0.5, 0.6) is 0 Å². The molecule has 33 heavy (non-hydrogen) atoms. The Morgan fingerprint density at radius 1 is 0.879 bits per heavy atom. The van der Waals surface area contributed by atoms with E-state index in [1.165, 1.54) is 27.9 Å². The molecule has 1 amide bonds. The SMILES string of the molecule is Cc1ccc(CC2CC(=O)N(Cc3ccccc3)c3ccc(N4CCNCC4)cc32)cc1C. The van der Waals surface area contributed by atoms with Crippen LogP contribution in [0.3, 0.4) is 0 Å². The van der Waals surface area contributed by atoms with Crippen molar-refractivity contribution in [3.05, 3.63) is 94.5 Å². The summed E-state index contributed by atoms with van der Waals surface area (Å²) in [6, 6.07) is 23.8. The Labute approximate surface area is 197 Å². The number of rotatable bonds is 5. The molecule has 5 rings (SSSR count). The summed E-state index contributed by atoms with van der Waals surface area (Å²) in [5.74, 6) is 0.416. The van der Waals surface area contributed by atoms with Gasteiger partial charge >= 0.3 is 0 Å². The molecule has 1 atom stereocenters. The van der Waals surface area contributed by atoms with Gasteiger partial charge in [0.25, 0.3) is 0 Å². The number of amides is 1. The van der Waals surface area contributed by atoms with Crippen molar-refractivity contribution < 1.29 is 4.79 Å². The van der Waals surface area contributed by atoms with Crippen LogP contribution in [0.15, 0.2) is 66.7 Å². The van der Waals surface area contributed by atoms with Crippen LogP contribution < -0.4 is 15.1 Å². The van der Waals surface area contributed by atoms with E-state index < -0.39 is 0 Å². The number of carbonyl (C=O) groups is 1. The van der Waals surface area contributed by atoms with Crippen LogP contribution in [0.4, 0.5) is 11.4 Å². The third-order valence-electron chi connectivity index (χ3n) is 7.18. The molecule has 170 valence electrons. The van der Waals surface area contributed by atoms with Crippen LogP contribution in [-0.2, 0) is 17.8 Å². The first-order valence-electron chi connectivity index (χ1n) is 12.1. The fourth-order valence-corrected chi connectivity index (χ4v) is 5.14. The van der Waals surface area contributed by atoms with Crippen molar-refractivity contribution in [3.8, 4) is 0 Å². The summed E-state index contributed by atoms with van der Waals surface area (Å²) in [4.78, 5) is 17.8. The average molecular weight is 440 g/mol. The molecule has 1 unspecified atom stereocenters. The smallest absolute Gasteiger partial charge is 0.227 e. The summed E-state index contributed by atoms with van der Waals surface area (Å²) in [6.07, 6.45) is 1.45. The number of benzene rings is 3. The standard InChI is InChI=1S/C29H33N3O/c1-21-8-9-24(16-22(21)2)17-25-18-29(33)32(20-23-6-4-3-5-7-23)28-11-10-26(19-27(25)28)31-14-12-30-13-15-31/h3-11,16,19,25,30H,12-15,17-18,20H2,1-2H3. The van der Waals surface area contributed by atoms with Crippen molar-refractivity contribution >= 4 is 17.3 Å². The van der Waals surface area contributed by atoms with Crippen LogP contribution in [0.25, 0.3) is 0 Å². The summed E-state index contributed by atoms with van der Waals surface area (Å²) in [5.41, 5.74) is 8.75. The minimum Gasteiger partial charge on any atom is -0.369 e. The molecule has 0 spiro atoms. The molecule has 3 aromatic carbocycles. The summed E-state index contributed by atoms with van der Waals surface area (Å²) >= 11 is 0. The van der Waals surface area contributed by atoms with Gasteiger partial charge in [-0.3, -0.25) is 4.79 Å². The normalized spacial score (nSPS) is 18.4. The van der Waals surface area contributed by atoms with Crippen LogP contribution in [0, 0.1) is 13.8 Å². The van der Waals surface area contributed by atoms with Gasteiger partial charge in [0, 0.05) is 44.0 Å². The molecule has 0 aromatic heterocycles. The number of fused-ring (bicyclic) bond motifs is 1. The third kappa shape index (κ3) is 4.67. The van der Waals surface area contributed by atoms with Crippen LogP contribution in [-0.4, -0.2) is 32.1 Å². The number of hydrogen-bond acceptors (Lipinski definition) is 3. The number of anilines is 2. The topological polar surface area (TPSA) is 35.6 Å². The Bertz CT molecular complexity index is 1130. The lowest BCUT2D eigenvalue weighted by molar-refractivity contribution is -0.119. The highest BCUT2D eigenvalue weighted by atomic mass is 16.2. The van der Waals surface area contributed by atoms with E-state index in [1.54, 1.807) is 0 Å². The zero-order valence-corrected chi connectivity index (χ0v) is 19.7. The Morgan fingerprint density at radius 3 is 2.42 bits per heavy atom. The number of aryl methyl sites for hydroxylation is 2. The summed E-state index contributed by atoms with van der Waals surface area (Å²) < 4.78 is 0. The van der Waals surface area contributed by atoms with E-state index in [4.69, 9.17) is 0 Å². The molecule has 2 aliphatic heterocycles. The molecule has 3 aromatic rings. The van der Waals surface area contributed by atoms with Crippen LogP contribution in [0.1, 0.15) is 40.2 Å². The largest absolute Gasteiger partial charge is 0.369 e. The van der Waals surface area contributed by atoms with Gasteiger partial charge in [0.2, 0.25) is 5.91 Å². The molecule has 0 saturated carbocycles. The average Bonchev–Trinajstić information content (AvgIpc) is 2.85. The maximum atomic E-state index is 13.4. The van der Waals surface area contributed by atoms with E-state index in [1.807, 2.05) is 23.1 Å². The Kier molecular flexibility index (Phi) is 6.19. The van der Waals surface area contributed by atoms with Gasteiger partial charge in [0.15, 0.2) is 0 Å². The first kappa shape index (κ1) is 21.7. The van der Waals surface area contributed by atoms with Gasteiger partial charge < -0.3 is 15.1 Å². The second kappa shape index (κ2) is 9.40. The van der Waals surface area contributed by atoms with E-state index in [9.17, 15) is 4.79 Å². The van der Waals surface area contributed by atoms with E-state index in [0.29, 0.717) is 13.0 Å². The van der Waals surface area contributed by atoms with Crippen molar-refractivity contribution in [2.45, 2.75) is 39.2 Å². The number of piperazine rings is 1. The van der Waals surface area contributed by atoms with E-state index >= 15 is 0 Å². The second-order valence-corrected chi connectivity index (χ2v) is 9.47. The van der Waals surface area contributed by atoms with Gasteiger partial charge in [0.1, 0.15) is 0 Å². The third-order valence-corrected chi connectivity index (χ3v) is 7.18. The lowest BCUT2D eigenvalue weighted by Crippen LogP contribution is -2.43. The summed E-state index contributed by atoms with van der Waals surface area (Å²) in [6.45, 7) is 9.02. The van der Waals surface area contributed by atoms with E-state index in [-0.39, 0.29) is 11.8 Å². The molecular formula is C29H33N3O. The Balaban J connectivity index is 1.51. The van der Waals surface area contributed by atoms with Crippen molar-refractivity contribution in [1.82, 2.24) is 5.32 Å². The molecule has 1 saturated heterocycles. The maximum absolute atomic E-state index is 13.4. The lowest BCUT2D eigenvalue weighted by atomic mass is 9.83. The van der Waals surface area contributed by atoms with Crippen LogP contribution in [0.2, 0.25) is 0 Å². The monoisotopic (exact) mass is 439 g/mol. The molecule has 1 N–H and O–H groups in total. The molecular weight excluding hydrogens is 406 g/mol. The fourth-order valence-electron chi connectivity index (χ4n) is 5.14. The Hall–Kier alpha value is -3.11. The zero-order chi connectivity index (χ0) is 22.8. The quantitative estimate of drug-likeness (QED) is 0.609. The number of nitrogens with zero attached hydrogens (tertiary/aromatic N) is 2. The minimum absolute atomic E-state index is 0.199. The second-order valence-electron chi connectivity index (χ2n) is 9.47. The molecule has 0 radical (unpaired) electrons. The highest BCUT2D eigenvalue weighted by Gasteiger charge is 2.32. The molecule has 4 nitrogen and oxygen atoms in total. The number of carbonyl (C=O) groups excluding carboxylic acids is 1. The van der Waals surface area contributed by atoms with Crippen molar-refractivity contribution in [2.75, 3.05) is 36.0 Å². The summed E-state index contributed by atoms with van der Waals surface area (Å²) in [5, 5.41) is 3.44. The highest BCUT2D eigenvalue weighted by molar-refractivity contribution is 5.97. The molecule has 0 aliphatic carbocycles. The van der Waals surface area contributed by atoms with Crippen molar-refractivity contribution in [3.63, 3.8) is 0 Å². The molecule has 4 heteroatoms. The first-order valence-corrected chi connectivity index (χ1v) is 12.1. The van der Waals surface area contributed by atoms with Gasteiger partial charge in [-0.1, -0.05) is 48.5 Å². The predicted octanol–water partition coefficient (Wildman–Crippen LogP) is 4.98. The van der Waals surface area contributed by atoms with Crippen LogP contribution >= 0.6 is 0 Å². The van der Waals surface area contributed by atoms with Crippen molar-refractivity contribution in [1.29, 1.82) is 0 Å². The molecule has 1 fully saturated rings. The number of nitrogens with one attached hydrogen (secondary N) is 1. The van der Waals surface area contributed by atoms with Gasteiger partial charge in [-0.15, -0.1) is 0 Å². The zero-order valence-electron chi connectivity index (χ0n) is 19.7. The lowest BCUT2D eigenvalue weighted by Gasteiger charge is -2.36. The minimum atomic E-state index is 0.199. The molecule has 0 bridgehead atoms. The Morgan fingerprint density at radius 2 is 1.67 bits per heavy atom. The molecule has 2 aliphatic rings. The van der Waals surface area contributed by atoms with E-state index in [0.717, 1.165) is 43.9 Å². The predicted molar refractivity (Wildman–Crippen MR) is 136 cm³/mol. The molecule has 2 heterocycles. The van der Waals surface area contributed by atoms with Gasteiger partial charge in [-0.2, -0.15) is 0 Å². The van der Waals surface area contributed by atoms with Gasteiger partial charge in [-0.05, 0) is 72.2 Å². The number of hydrogen-bond donors (Lipinski definition) is 1. The van der Waals surface area contributed by atoms with Crippen molar-refractivity contribution in [2.24, 2.45) is 0 Å². The van der Waals surface area contributed by atoms with Gasteiger partial charge in [0.05, 0.1) is 6.54 Å². The first-order chi connectivity index (χ1) is 16.1. The summed E-state index contributed by atoms with van der Waals surface area (Å²) in [7, 11) is 0. The highest BCUT2D eigenvalue weighted by Crippen LogP contribution is 2.41. The fraction of sp³-hybridized carbons (Fsp3) is 0.345. The van der Waals surface area contributed by atoms with E-state index in [2.05, 4.69) is 72.6 Å².